The minimum absolute atomic E-state index is 0.153. The standard InChI is InChI=1S/C17H13BrCl3F2N5O/c1-8-14(21)15(16(22)23)25-28(8)7-13(29)24-17-10(18)6-27(26-17)5-9-2-3-11(19)12(20)4-9/h2-4,6,16H,5,7H2,1H3,(H,24,26,29). The molecule has 154 valence electrons. The van der Waals surface area contributed by atoms with E-state index in [1.165, 1.54) is 6.92 Å². The van der Waals surface area contributed by atoms with Gasteiger partial charge in [-0.25, -0.2) is 8.78 Å². The number of alkyl halides is 2. The molecule has 0 aliphatic carbocycles. The molecule has 0 fully saturated rings. The molecule has 0 saturated carbocycles. The van der Waals surface area contributed by atoms with Crippen LogP contribution in [0.3, 0.4) is 0 Å². The fourth-order valence-corrected chi connectivity index (χ4v) is 3.49. The summed E-state index contributed by atoms with van der Waals surface area (Å²) in [5.41, 5.74) is 0.596. The lowest BCUT2D eigenvalue weighted by molar-refractivity contribution is -0.117. The molecular formula is C17H13BrCl3F2N5O. The summed E-state index contributed by atoms with van der Waals surface area (Å²) in [6, 6.07) is 5.22. The molecule has 0 aliphatic heterocycles. The lowest BCUT2D eigenvalue weighted by atomic mass is 10.2. The molecule has 3 rings (SSSR count). The van der Waals surface area contributed by atoms with Crippen LogP contribution in [0, 0.1) is 6.92 Å². The zero-order valence-corrected chi connectivity index (χ0v) is 18.6. The molecule has 12 heteroatoms. The molecule has 0 bridgehead atoms. The number of amides is 1. The Morgan fingerprint density at radius 1 is 1.24 bits per heavy atom. The zero-order valence-electron chi connectivity index (χ0n) is 14.8. The van der Waals surface area contributed by atoms with Crippen LogP contribution in [-0.2, 0) is 17.9 Å². The van der Waals surface area contributed by atoms with Gasteiger partial charge in [-0.2, -0.15) is 10.2 Å². The summed E-state index contributed by atoms with van der Waals surface area (Å²) >= 11 is 21.1. The number of nitrogens with one attached hydrogen (secondary N) is 1. The first kappa shape index (κ1) is 22.0. The lowest BCUT2D eigenvalue weighted by Crippen LogP contribution is -2.21. The van der Waals surface area contributed by atoms with Crippen LogP contribution in [0.1, 0.15) is 23.4 Å². The normalized spacial score (nSPS) is 11.3. The molecule has 3 aromatic rings. The monoisotopic (exact) mass is 525 g/mol. The smallest absolute Gasteiger partial charge is 0.283 e. The van der Waals surface area contributed by atoms with Crippen molar-refractivity contribution < 1.29 is 13.6 Å². The number of carbonyl (C=O) groups excluding carboxylic acids is 1. The summed E-state index contributed by atoms with van der Waals surface area (Å²) < 4.78 is 29.1. The predicted octanol–water partition coefficient (Wildman–Crippen LogP) is 5.74. The highest BCUT2D eigenvalue weighted by molar-refractivity contribution is 9.10. The molecule has 1 aromatic carbocycles. The molecule has 6 nitrogen and oxygen atoms in total. The van der Waals surface area contributed by atoms with Gasteiger partial charge in [-0.1, -0.05) is 40.9 Å². The summed E-state index contributed by atoms with van der Waals surface area (Å²) in [7, 11) is 0. The summed E-state index contributed by atoms with van der Waals surface area (Å²) in [6.45, 7) is 1.62. The summed E-state index contributed by atoms with van der Waals surface area (Å²) in [4.78, 5) is 12.3. The minimum atomic E-state index is -2.82. The van der Waals surface area contributed by atoms with Crippen LogP contribution in [0.4, 0.5) is 14.6 Å². The van der Waals surface area contributed by atoms with Gasteiger partial charge in [0.2, 0.25) is 5.91 Å². The fraction of sp³-hybridized carbons (Fsp3) is 0.235. The van der Waals surface area contributed by atoms with Gasteiger partial charge in [0.25, 0.3) is 6.43 Å². The van der Waals surface area contributed by atoms with Gasteiger partial charge in [0.15, 0.2) is 5.82 Å². The van der Waals surface area contributed by atoms with E-state index in [9.17, 15) is 13.6 Å². The Labute approximate surface area is 187 Å². The van der Waals surface area contributed by atoms with E-state index >= 15 is 0 Å². The van der Waals surface area contributed by atoms with Gasteiger partial charge in [0.1, 0.15) is 12.2 Å². The average Bonchev–Trinajstić information content (AvgIpc) is 3.12. The van der Waals surface area contributed by atoms with Crippen LogP contribution < -0.4 is 5.32 Å². The number of rotatable bonds is 6. The van der Waals surface area contributed by atoms with Crippen molar-refractivity contribution in [1.82, 2.24) is 19.6 Å². The second-order valence-electron chi connectivity index (χ2n) is 6.06. The van der Waals surface area contributed by atoms with Gasteiger partial charge in [-0.05, 0) is 40.5 Å². The predicted molar refractivity (Wildman–Crippen MR) is 111 cm³/mol. The Hall–Kier alpha value is -1.68. The molecule has 1 amide bonds. The number of benzene rings is 1. The average molecular weight is 528 g/mol. The highest BCUT2D eigenvalue weighted by atomic mass is 79.9. The van der Waals surface area contributed by atoms with Crippen molar-refractivity contribution in [3.8, 4) is 0 Å². The Morgan fingerprint density at radius 3 is 2.59 bits per heavy atom. The molecule has 2 heterocycles. The van der Waals surface area contributed by atoms with E-state index in [-0.39, 0.29) is 23.1 Å². The fourth-order valence-electron chi connectivity index (χ4n) is 2.54. The molecule has 0 aliphatic rings. The van der Waals surface area contributed by atoms with E-state index < -0.39 is 18.0 Å². The number of nitrogens with zero attached hydrogens (tertiary/aromatic N) is 4. The van der Waals surface area contributed by atoms with Gasteiger partial charge in [-0.3, -0.25) is 14.2 Å². The van der Waals surface area contributed by atoms with Crippen LogP contribution >= 0.6 is 50.7 Å². The van der Waals surface area contributed by atoms with Gasteiger partial charge >= 0.3 is 0 Å². The largest absolute Gasteiger partial charge is 0.307 e. The van der Waals surface area contributed by atoms with Crippen molar-refractivity contribution in [2.75, 3.05) is 5.32 Å². The second kappa shape index (κ2) is 8.99. The van der Waals surface area contributed by atoms with Crippen molar-refractivity contribution in [2.24, 2.45) is 0 Å². The third-order valence-electron chi connectivity index (χ3n) is 3.96. The van der Waals surface area contributed by atoms with Crippen molar-refractivity contribution in [3.05, 3.63) is 60.9 Å². The first-order valence-electron chi connectivity index (χ1n) is 8.13. The lowest BCUT2D eigenvalue weighted by Gasteiger charge is -2.06. The van der Waals surface area contributed by atoms with Crippen LogP contribution in [-0.4, -0.2) is 25.5 Å². The van der Waals surface area contributed by atoms with Crippen LogP contribution in [0.15, 0.2) is 28.9 Å². The Balaban J connectivity index is 1.70. The maximum absolute atomic E-state index is 12.9. The van der Waals surface area contributed by atoms with E-state index in [0.717, 1.165) is 10.2 Å². The first-order valence-corrected chi connectivity index (χ1v) is 10.1. The number of hydrogen-bond donors (Lipinski definition) is 1. The van der Waals surface area contributed by atoms with Gasteiger partial charge in [0.05, 0.1) is 31.8 Å². The van der Waals surface area contributed by atoms with E-state index in [1.807, 2.05) is 6.07 Å². The third kappa shape index (κ3) is 5.09. The SMILES string of the molecule is Cc1c(Cl)c(C(F)F)nn1CC(=O)Nc1nn(Cc2ccc(Cl)c(Cl)c2)cc1Br. The van der Waals surface area contributed by atoms with Crippen LogP contribution in [0.2, 0.25) is 15.1 Å². The molecule has 0 radical (unpaired) electrons. The number of aromatic nitrogens is 4. The van der Waals surface area contributed by atoms with E-state index in [2.05, 4.69) is 31.4 Å². The van der Waals surface area contributed by atoms with E-state index in [1.54, 1.807) is 23.0 Å². The molecule has 0 spiro atoms. The quantitative estimate of drug-likeness (QED) is 0.445. The molecule has 0 unspecified atom stereocenters. The highest BCUT2D eigenvalue weighted by Crippen LogP contribution is 2.29. The molecule has 0 atom stereocenters. The molecule has 2 aromatic heterocycles. The summed E-state index contributed by atoms with van der Waals surface area (Å²) in [6.07, 6.45) is -1.14. The molecule has 0 saturated heterocycles. The van der Waals surface area contributed by atoms with Crippen molar-refractivity contribution >= 4 is 62.5 Å². The van der Waals surface area contributed by atoms with Crippen LogP contribution in [0.5, 0.6) is 0 Å². The zero-order chi connectivity index (χ0) is 21.3. The topological polar surface area (TPSA) is 64.7 Å². The third-order valence-corrected chi connectivity index (χ3v) is 5.75. The summed E-state index contributed by atoms with van der Waals surface area (Å²) in [5.74, 6) is -0.214. The highest BCUT2D eigenvalue weighted by Gasteiger charge is 2.22. The van der Waals surface area contributed by atoms with Crippen molar-refractivity contribution in [2.45, 2.75) is 26.4 Å². The van der Waals surface area contributed by atoms with E-state index in [4.69, 9.17) is 34.8 Å². The number of anilines is 1. The number of hydrogen-bond acceptors (Lipinski definition) is 3. The Kier molecular flexibility index (Phi) is 6.83. The maximum Gasteiger partial charge on any atom is 0.283 e. The van der Waals surface area contributed by atoms with Crippen LogP contribution in [0.25, 0.3) is 0 Å². The van der Waals surface area contributed by atoms with Gasteiger partial charge in [-0.15, -0.1) is 0 Å². The Bertz CT molecular complexity index is 1070. The number of halogens is 6. The number of carbonyl (C=O) groups is 1. The van der Waals surface area contributed by atoms with Gasteiger partial charge in [0, 0.05) is 6.20 Å². The van der Waals surface area contributed by atoms with E-state index in [0.29, 0.717) is 21.1 Å². The first-order chi connectivity index (χ1) is 13.7. The Morgan fingerprint density at radius 2 is 1.97 bits per heavy atom. The van der Waals surface area contributed by atoms with Gasteiger partial charge < -0.3 is 5.32 Å². The van der Waals surface area contributed by atoms with Crippen molar-refractivity contribution in [1.29, 1.82) is 0 Å². The second-order valence-corrected chi connectivity index (χ2v) is 8.11. The molecule has 29 heavy (non-hydrogen) atoms. The molecular weight excluding hydrogens is 514 g/mol. The molecule has 1 N–H and O–H groups in total. The minimum Gasteiger partial charge on any atom is -0.307 e. The summed E-state index contributed by atoms with van der Waals surface area (Å²) in [5, 5.41) is 11.3. The maximum atomic E-state index is 12.9. The van der Waals surface area contributed by atoms with Crippen molar-refractivity contribution in [3.63, 3.8) is 0 Å².